The predicted octanol–water partition coefficient (Wildman–Crippen LogP) is 5.17. The maximum absolute atomic E-state index is 5.06. The highest BCUT2D eigenvalue weighted by atomic mass is 14.9. The van der Waals surface area contributed by atoms with Gasteiger partial charge in [-0.05, 0) is 50.2 Å². The molecule has 1 aliphatic carbocycles. The fourth-order valence-corrected chi connectivity index (χ4v) is 3.89. The first kappa shape index (κ1) is 13.9. The molecule has 0 spiro atoms. The number of hydrogen-bond donors (Lipinski definition) is 0. The first-order valence-corrected chi connectivity index (χ1v) is 8.31. The third-order valence-electron chi connectivity index (χ3n) is 4.90. The Morgan fingerprint density at radius 2 is 1.85 bits per heavy atom. The van der Waals surface area contributed by atoms with E-state index in [4.69, 9.17) is 4.99 Å². The largest absolute Gasteiger partial charge is 0.283 e. The summed E-state index contributed by atoms with van der Waals surface area (Å²) in [6.45, 7) is 4.53. The van der Waals surface area contributed by atoms with Crippen molar-refractivity contribution in [3.05, 3.63) is 35.4 Å². The normalized spacial score (nSPS) is 22.2. The lowest BCUT2D eigenvalue weighted by atomic mass is 9.82. The summed E-state index contributed by atoms with van der Waals surface area (Å²) in [6.07, 6.45) is 10.8. The van der Waals surface area contributed by atoms with Crippen LogP contribution in [0.25, 0.3) is 0 Å². The van der Waals surface area contributed by atoms with Gasteiger partial charge in [0.05, 0.1) is 5.54 Å². The van der Waals surface area contributed by atoms with Crippen molar-refractivity contribution in [3.63, 3.8) is 0 Å². The SMILES string of the molecule is CC1(C)Cc2ccccc2C(CCC2CCCCC2)=N1. The molecule has 0 atom stereocenters. The number of benzene rings is 1. The molecule has 108 valence electrons. The minimum atomic E-state index is 0.0796. The first-order chi connectivity index (χ1) is 9.64. The monoisotopic (exact) mass is 269 g/mol. The average molecular weight is 269 g/mol. The molecule has 0 radical (unpaired) electrons. The van der Waals surface area contributed by atoms with Crippen LogP contribution >= 0.6 is 0 Å². The quantitative estimate of drug-likeness (QED) is 0.717. The molecule has 1 saturated carbocycles. The Kier molecular flexibility index (Phi) is 3.96. The molecule has 1 heterocycles. The lowest BCUT2D eigenvalue weighted by Gasteiger charge is -2.30. The zero-order chi connectivity index (χ0) is 14.0. The summed E-state index contributed by atoms with van der Waals surface area (Å²) < 4.78 is 0. The zero-order valence-electron chi connectivity index (χ0n) is 13.0. The molecule has 2 aliphatic rings. The minimum Gasteiger partial charge on any atom is -0.283 e. The van der Waals surface area contributed by atoms with E-state index < -0.39 is 0 Å². The van der Waals surface area contributed by atoms with E-state index >= 15 is 0 Å². The Balaban J connectivity index is 1.74. The molecule has 1 nitrogen and oxygen atoms in total. The summed E-state index contributed by atoms with van der Waals surface area (Å²) in [4.78, 5) is 5.06. The van der Waals surface area contributed by atoms with Crippen molar-refractivity contribution >= 4 is 5.71 Å². The van der Waals surface area contributed by atoms with Gasteiger partial charge in [0, 0.05) is 5.71 Å². The van der Waals surface area contributed by atoms with Crippen LogP contribution in [-0.4, -0.2) is 11.3 Å². The molecule has 0 saturated heterocycles. The van der Waals surface area contributed by atoms with Gasteiger partial charge in [0.2, 0.25) is 0 Å². The van der Waals surface area contributed by atoms with Crippen LogP contribution in [0.2, 0.25) is 0 Å². The van der Waals surface area contributed by atoms with Crippen LogP contribution in [0.3, 0.4) is 0 Å². The van der Waals surface area contributed by atoms with Gasteiger partial charge >= 0.3 is 0 Å². The molecule has 1 aromatic rings. The minimum absolute atomic E-state index is 0.0796. The summed E-state index contributed by atoms with van der Waals surface area (Å²) in [7, 11) is 0. The first-order valence-electron chi connectivity index (χ1n) is 8.31. The summed E-state index contributed by atoms with van der Waals surface area (Å²) >= 11 is 0. The van der Waals surface area contributed by atoms with E-state index in [2.05, 4.69) is 38.1 Å². The maximum atomic E-state index is 5.06. The van der Waals surface area contributed by atoms with Crippen molar-refractivity contribution in [2.24, 2.45) is 10.9 Å². The molecular weight excluding hydrogens is 242 g/mol. The van der Waals surface area contributed by atoms with Gasteiger partial charge in [-0.1, -0.05) is 56.4 Å². The van der Waals surface area contributed by atoms with Crippen LogP contribution < -0.4 is 0 Å². The Hall–Kier alpha value is -1.11. The number of nitrogens with zero attached hydrogens (tertiary/aromatic N) is 1. The van der Waals surface area contributed by atoms with E-state index in [-0.39, 0.29) is 5.54 Å². The molecule has 1 aliphatic heterocycles. The molecule has 20 heavy (non-hydrogen) atoms. The molecule has 1 fully saturated rings. The van der Waals surface area contributed by atoms with Crippen molar-refractivity contribution in [1.82, 2.24) is 0 Å². The van der Waals surface area contributed by atoms with E-state index in [0.717, 1.165) is 12.3 Å². The van der Waals surface area contributed by atoms with Crippen molar-refractivity contribution in [2.75, 3.05) is 0 Å². The standard InChI is InChI=1S/C19H27N/c1-19(2)14-16-10-6-7-11-17(16)18(20-19)13-12-15-8-4-3-5-9-15/h6-7,10-11,15H,3-5,8-9,12-14H2,1-2H3. The molecule has 0 bridgehead atoms. The summed E-state index contributed by atoms with van der Waals surface area (Å²) in [5, 5.41) is 0. The molecule has 1 heteroatoms. The maximum Gasteiger partial charge on any atom is 0.0596 e. The van der Waals surface area contributed by atoms with Crippen LogP contribution in [0.15, 0.2) is 29.3 Å². The van der Waals surface area contributed by atoms with Gasteiger partial charge in [-0.3, -0.25) is 4.99 Å². The van der Waals surface area contributed by atoms with Crippen LogP contribution in [0.4, 0.5) is 0 Å². The fourth-order valence-electron chi connectivity index (χ4n) is 3.89. The second-order valence-corrected chi connectivity index (χ2v) is 7.25. The Bertz CT molecular complexity index is 492. The summed E-state index contributed by atoms with van der Waals surface area (Å²) in [5.74, 6) is 0.948. The summed E-state index contributed by atoms with van der Waals surface area (Å²) in [5.41, 5.74) is 4.35. The van der Waals surface area contributed by atoms with E-state index in [1.807, 2.05) is 0 Å². The smallest absolute Gasteiger partial charge is 0.0596 e. The van der Waals surface area contributed by atoms with Gasteiger partial charge in [0.1, 0.15) is 0 Å². The molecule has 1 aromatic carbocycles. The Morgan fingerprint density at radius 3 is 2.65 bits per heavy atom. The van der Waals surface area contributed by atoms with Crippen molar-refractivity contribution < 1.29 is 0 Å². The zero-order valence-corrected chi connectivity index (χ0v) is 13.0. The molecule has 0 aromatic heterocycles. The second kappa shape index (κ2) is 5.71. The van der Waals surface area contributed by atoms with Gasteiger partial charge in [-0.15, -0.1) is 0 Å². The van der Waals surface area contributed by atoms with Gasteiger partial charge in [0.15, 0.2) is 0 Å². The third kappa shape index (κ3) is 3.13. The van der Waals surface area contributed by atoms with Crippen molar-refractivity contribution in [1.29, 1.82) is 0 Å². The number of aliphatic imine (C=N–C) groups is 1. The van der Waals surface area contributed by atoms with E-state index in [0.29, 0.717) is 0 Å². The van der Waals surface area contributed by atoms with Gasteiger partial charge in [0.25, 0.3) is 0 Å². The van der Waals surface area contributed by atoms with Crippen LogP contribution in [0.5, 0.6) is 0 Å². The van der Waals surface area contributed by atoms with Gasteiger partial charge < -0.3 is 0 Å². The van der Waals surface area contributed by atoms with Crippen molar-refractivity contribution in [2.45, 2.75) is 70.8 Å². The topological polar surface area (TPSA) is 12.4 Å². The lowest BCUT2D eigenvalue weighted by Crippen LogP contribution is -2.29. The molecule has 0 amide bonds. The molecule has 0 unspecified atom stereocenters. The Labute approximate surface area is 123 Å². The highest BCUT2D eigenvalue weighted by Crippen LogP contribution is 2.31. The molecular formula is C19H27N. The van der Waals surface area contributed by atoms with Crippen molar-refractivity contribution in [3.8, 4) is 0 Å². The van der Waals surface area contributed by atoms with Gasteiger partial charge in [-0.25, -0.2) is 0 Å². The average Bonchev–Trinajstić information content (AvgIpc) is 2.45. The third-order valence-corrected chi connectivity index (χ3v) is 4.90. The number of hydrogen-bond acceptors (Lipinski definition) is 1. The summed E-state index contributed by atoms with van der Waals surface area (Å²) in [6, 6.07) is 8.88. The molecule has 3 rings (SSSR count). The van der Waals surface area contributed by atoms with E-state index in [1.165, 1.54) is 61.8 Å². The van der Waals surface area contributed by atoms with Crippen LogP contribution in [0.1, 0.15) is 69.9 Å². The molecule has 0 N–H and O–H groups in total. The fraction of sp³-hybridized carbons (Fsp3) is 0.632. The van der Waals surface area contributed by atoms with E-state index in [1.54, 1.807) is 0 Å². The highest BCUT2D eigenvalue weighted by molar-refractivity contribution is 6.02. The highest BCUT2D eigenvalue weighted by Gasteiger charge is 2.26. The second-order valence-electron chi connectivity index (χ2n) is 7.25. The van der Waals surface area contributed by atoms with Gasteiger partial charge in [-0.2, -0.15) is 0 Å². The Morgan fingerprint density at radius 1 is 1.10 bits per heavy atom. The number of fused-ring (bicyclic) bond motifs is 1. The van der Waals surface area contributed by atoms with Crippen LogP contribution in [0, 0.1) is 5.92 Å². The number of rotatable bonds is 3. The lowest BCUT2D eigenvalue weighted by molar-refractivity contribution is 0.343. The van der Waals surface area contributed by atoms with Crippen LogP contribution in [-0.2, 0) is 6.42 Å². The predicted molar refractivity (Wildman–Crippen MR) is 86.6 cm³/mol. The van der Waals surface area contributed by atoms with E-state index in [9.17, 15) is 0 Å².